The van der Waals surface area contributed by atoms with Crippen LogP contribution in [0, 0.1) is 5.92 Å². The van der Waals surface area contributed by atoms with E-state index in [2.05, 4.69) is 15.8 Å². The zero-order valence-corrected chi connectivity index (χ0v) is 20.3. The molecule has 2 amide bonds. The first-order valence-corrected chi connectivity index (χ1v) is 12.0. The normalized spacial score (nSPS) is 17.9. The van der Waals surface area contributed by atoms with Crippen molar-refractivity contribution in [2.75, 3.05) is 6.54 Å². The van der Waals surface area contributed by atoms with Crippen molar-refractivity contribution in [3.8, 4) is 0 Å². The molecule has 2 atom stereocenters. The van der Waals surface area contributed by atoms with Crippen LogP contribution in [-0.4, -0.2) is 52.8 Å². The summed E-state index contributed by atoms with van der Waals surface area (Å²) in [6.45, 7) is 4.06. The van der Waals surface area contributed by atoms with Gasteiger partial charge in [0.1, 0.15) is 0 Å². The van der Waals surface area contributed by atoms with Crippen LogP contribution < -0.4 is 10.6 Å². The third-order valence-corrected chi connectivity index (χ3v) is 5.96. The van der Waals surface area contributed by atoms with Gasteiger partial charge in [0, 0.05) is 19.3 Å². The summed E-state index contributed by atoms with van der Waals surface area (Å²) >= 11 is 0. The molecule has 3 rings (SSSR count). The van der Waals surface area contributed by atoms with Crippen molar-refractivity contribution in [2.24, 2.45) is 11.1 Å². The van der Waals surface area contributed by atoms with Gasteiger partial charge in [0.15, 0.2) is 0 Å². The third-order valence-electron chi connectivity index (χ3n) is 5.96. The zero-order chi connectivity index (χ0) is 25.3. The number of benzene rings is 2. The van der Waals surface area contributed by atoms with Gasteiger partial charge >= 0.3 is 7.12 Å². The van der Waals surface area contributed by atoms with Crippen molar-refractivity contribution in [3.05, 3.63) is 71.8 Å². The molecule has 4 N–H and O–H groups in total. The molecule has 0 fully saturated rings. The molecule has 2 aromatic rings. The Morgan fingerprint density at radius 1 is 1.06 bits per heavy atom. The molecule has 1 heterocycles. The summed E-state index contributed by atoms with van der Waals surface area (Å²) in [5, 5.41) is 29.3. The molecule has 2 unspecified atom stereocenters. The van der Waals surface area contributed by atoms with E-state index in [4.69, 9.17) is 4.84 Å². The molecular formula is C26H34BN3O5. The van der Waals surface area contributed by atoms with E-state index in [0.29, 0.717) is 25.0 Å². The van der Waals surface area contributed by atoms with E-state index < -0.39 is 24.6 Å². The fourth-order valence-electron chi connectivity index (χ4n) is 4.12. The Balaban J connectivity index is 1.63. The fourth-order valence-corrected chi connectivity index (χ4v) is 4.12. The van der Waals surface area contributed by atoms with Crippen molar-refractivity contribution < 1.29 is 24.5 Å². The van der Waals surface area contributed by atoms with Gasteiger partial charge in [-0.25, -0.2) is 0 Å². The van der Waals surface area contributed by atoms with E-state index in [0.717, 1.165) is 11.1 Å². The third kappa shape index (κ3) is 7.94. The molecule has 0 saturated carbocycles. The molecule has 9 heteroatoms. The highest BCUT2D eigenvalue weighted by Crippen LogP contribution is 2.29. The van der Waals surface area contributed by atoms with Crippen molar-refractivity contribution in [2.45, 2.75) is 57.5 Å². The Kier molecular flexibility index (Phi) is 9.45. The summed E-state index contributed by atoms with van der Waals surface area (Å²) in [7, 11) is -1.69. The number of amides is 2. The molecule has 0 aromatic heterocycles. The number of rotatable bonds is 12. The largest absolute Gasteiger partial charge is 0.475 e. The molecule has 0 radical (unpaired) electrons. The van der Waals surface area contributed by atoms with Gasteiger partial charge in [-0.2, -0.15) is 0 Å². The van der Waals surface area contributed by atoms with E-state index in [1.54, 1.807) is 0 Å². The maximum atomic E-state index is 13.4. The van der Waals surface area contributed by atoms with Crippen molar-refractivity contribution >= 4 is 24.6 Å². The lowest BCUT2D eigenvalue weighted by Crippen LogP contribution is -2.56. The van der Waals surface area contributed by atoms with Gasteiger partial charge < -0.3 is 25.5 Å². The monoisotopic (exact) mass is 479 g/mol. The van der Waals surface area contributed by atoms with Crippen LogP contribution in [0.4, 0.5) is 0 Å². The highest BCUT2D eigenvalue weighted by atomic mass is 16.7. The van der Waals surface area contributed by atoms with Crippen LogP contribution in [0.25, 0.3) is 0 Å². The van der Waals surface area contributed by atoms with Crippen LogP contribution in [0.5, 0.6) is 0 Å². The second kappa shape index (κ2) is 12.5. The Bertz CT molecular complexity index is 1000. The van der Waals surface area contributed by atoms with Crippen LogP contribution in [0.3, 0.4) is 0 Å². The summed E-state index contributed by atoms with van der Waals surface area (Å²) in [5.74, 6) is -1.26. The average molecular weight is 479 g/mol. The lowest BCUT2D eigenvalue weighted by molar-refractivity contribution is -0.144. The van der Waals surface area contributed by atoms with Gasteiger partial charge in [-0.3, -0.25) is 9.59 Å². The quantitative estimate of drug-likeness (QED) is 0.348. The van der Waals surface area contributed by atoms with Gasteiger partial charge in [0.25, 0.3) is 5.91 Å². The first-order valence-electron chi connectivity index (χ1n) is 12.0. The van der Waals surface area contributed by atoms with Crippen LogP contribution in [0.15, 0.2) is 65.8 Å². The van der Waals surface area contributed by atoms with E-state index in [1.165, 1.54) is 0 Å². The first-order chi connectivity index (χ1) is 16.8. The Labute approximate surface area is 206 Å². The van der Waals surface area contributed by atoms with Gasteiger partial charge in [0.2, 0.25) is 11.5 Å². The second-order valence-electron chi connectivity index (χ2n) is 9.47. The summed E-state index contributed by atoms with van der Waals surface area (Å²) in [5.41, 5.74) is 1.19. The standard InChI is InChI=1S/C26H34BN3O5/c1-19(2)15-23(27(33)34)29-25(32)26(16-21-11-7-4-8-12-21)17-22(30-35-26)18-28-24(31)14-13-20-9-5-3-6-10-20/h3-12,19,23,33-34H,13-18H2,1-2H3,(H,28,31)(H,29,32). The van der Waals surface area contributed by atoms with Gasteiger partial charge in [-0.05, 0) is 29.9 Å². The number of hydrogen-bond donors (Lipinski definition) is 4. The van der Waals surface area contributed by atoms with Crippen LogP contribution in [0.1, 0.15) is 44.2 Å². The topological polar surface area (TPSA) is 120 Å². The molecule has 0 aliphatic carbocycles. The van der Waals surface area contributed by atoms with Crippen molar-refractivity contribution in [1.29, 1.82) is 0 Å². The van der Waals surface area contributed by atoms with Gasteiger partial charge in [-0.1, -0.05) is 79.7 Å². The van der Waals surface area contributed by atoms with Gasteiger partial charge in [-0.15, -0.1) is 0 Å². The molecule has 35 heavy (non-hydrogen) atoms. The molecule has 0 bridgehead atoms. The van der Waals surface area contributed by atoms with E-state index in [1.807, 2.05) is 74.5 Å². The molecule has 186 valence electrons. The second-order valence-corrected chi connectivity index (χ2v) is 9.47. The number of nitrogens with zero attached hydrogens (tertiary/aromatic N) is 1. The van der Waals surface area contributed by atoms with E-state index >= 15 is 0 Å². The minimum atomic E-state index is -1.69. The molecule has 0 saturated heterocycles. The summed E-state index contributed by atoms with van der Waals surface area (Å²) in [6.07, 6.45) is 1.82. The lowest BCUT2D eigenvalue weighted by atomic mass is 9.74. The first kappa shape index (κ1) is 26.4. The van der Waals surface area contributed by atoms with Crippen LogP contribution in [-0.2, 0) is 27.3 Å². The molecule has 8 nitrogen and oxygen atoms in total. The summed E-state index contributed by atoms with van der Waals surface area (Å²) < 4.78 is 0. The van der Waals surface area contributed by atoms with Crippen LogP contribution in [0.2, 0.25) is 0 Å². The Morgan fingerprint density at radius 3 is 2.29 bits per heavy atom. The number of carbonyl (C=O) groups excluding carboxylic acids is 2. The molecule has 2 aromatic carbocycles. The van der Waals surface area contributed by atoms with Crippen molar-refractivity contribution in [3.63, 3.8) is 0 Å². The lowest BCUT2D eigenvalue weighted by Gasteiger charge is -2.29. The highest BCUT2D eigenvalue weighted by Gasteiger charge is 2.48. The Hall–Kier alpha value is -3.17. The van der Waals surface area contributed by atoms with Crippen LogP contribution >= 0.6 is 0 Å². The summed E-state index contributed by atoms with van der Waals surface area (Å²) in [6, 6.07) is 19.2. The number of nitrogens with one attached hydrogen (secondary N) is 2. The number of oxime groups is 1. The number of hydrogen-bond acceptors (Lipinski definition) is 6. The van der Waals surface area contributed by atoms with E-state index in [9.17, 15) is 19.6 Å². The molecule has 0 spiro atoms. The average Bonchev–Trinajstić information content (AvgIpc) is 3.26. The minimum Gasteiger partial charge on any atom is -0.426 e. The zero-order valence-electron chi connectivity index (χ0n) is 20.3. The number of carbonyl (C=O) groups is 2. The Morgan fingerprint density at radius 2 is 1.69 bits per heavy atom. The minimum absolute atomic E-state index is 0.109. The predicted molar refractivity (Wildman–Crippen MR) is 135 cm³/mol. The maximum Gasteiger partial charge on any atom is 0.475 e. The highest BCUT2D eigenvalue weighted by molar-refractivity contribution is 6.43. The smallest absolute Gasteiger partial charge is 0.426 e. The number of aryl methyl sites for hydroxylation is 1. The van der Waals surface area contributed by atoms with Gasteiger partial charge in [0.05, 0.1) is 18.2 Å². The molecular weight excluding hydrogens is 445 g/mol. The molecule has 1 aliphatic heterocycles. The SMILES string of the molecule is CC(C)CC(NC(=O)C1(Cc2ccccc2)CC(CNC(=O)CCc2ccccc2)=NO1)B(O)O. The van der Waals surface area contributed by atoms with E-state index in [-0.39, 0.29) is 31.2 Å². The maximum absolute atomic E-state index is 13.4. The predicted octanol–water partition coefficient (Wildman–Crippen LogP) is 2.04. The summed E-state index contributed by atoms with van der Waals surface area (Å²) in [4.78, 5) is 31.5. The fraction of sp³-hybridized carbons (Fsp3) is 0.423. The van der Waals surface area contributed by atoms with Crippen molar-refractivity contribution in [1.82, 2.24) is 10.6 Å². The molecule has 1 aliphatic rings.